The highest BCUT2D eigenvalue weighted by Gasteiger charge is 2.20. The van der Waals surface area contributed by atoms with E-state index in [-0.39, 0.29) is 0 Å². The lowest BCUT2D eigenvalue weighted by atomic mass is 10.2. The third-order valence-electron chi connectivity index (χ3n) is 2.16. The summed E-state index contributed by atoms with van der Waals surface area (Å²) in [6, 6.07) is 0. The highest BCUT2D eigenvalue weighted by Crippen LogP contribution is 2.32. The average molecular weight is 198 g/mol. The molecule has 0 bridgehead atoms. The first-order chi connectivity index (χ1) is 5.97. The zero-order chi connectivity index (χ0) is 8.23. The maximum Gasteiger partial charge on any atom is 0.0381 e. The van der Waals surface area contributed by atoms with E-state index >= 15 is 0 Å². The molecular weight excluding hydrogens is 184 g/mol. The van der Waals surface area contributed by atoms with Gasteiger partial charge in [-0.05, 0) is 24.3 Å². The third kappa shape index (κ3) is 2.11. The van der Waals surface area contributed by atoms with Crippen molar-refractivity contribution in [3.63, 3.8) is 0 Å². The van der Waals surface area contributed by atoms with Crippen LogP contribution in [0, 0.1) is 0 Å². The molecule has 0 nitrogen and oxygen atoms in total. The van der Waals surface area contributed by atoms with E-state index in [2.05, 4.69) is 47.8 Å². The van der Waals surface area contributed by atoms with Gasteiger partial charge in [0.2, 0.25) is 0 Å². The maximum absolute atomic E-state index is 2.39. The molecule has 12 heavy (non-hydrogen) atoms. The molecule has 66 valence electrons. The fourth-order valence-corrected chi connectivity index (χ4v) is 4.09. The molecule has 2 aliphatic heterocycles. The SMILES string of the molecule is C1=CC(C2C=CCCS2)SCC1. The van der Waals surface area contributed by atoms with Crippen molar-refractivity contribution in [1.82, 2.24) is 0 Å². The molecule has 0 aromatic rings. The molecule has 2 aliphatic rings. The van der Waals surface area contributed by atoms with E-state index in [1.807, 2.05) is 0 Å². The lowest BCUT2D eigenvalue weighted by Crippen LogP contribution is -2.20. The van der Waals surface area contributed by atoms with Gasteiger partial charge in [-0.1, -0.05) is 24.3 Å². The van der Waals surface area contributed by atoms with Crippen molar-refractivity contribution in [3.8, 4) is 0 Å². The van der Waals surface area contributed by atoms with Crippen molar-refractivity contribution >= 4 is 23.5 Å². The van der Waals surface area contributed by atoms with E-state index in [0.29, 0.717) is 0 Å². The zero-order valence-corrected chi connectivity index (χ0v) is 8.74. The predicted octanol–water partition coefficient (Wildman–Crippen LogP) is 3.11. The fraction of sp³-hybridized carbons (Fsp3) is 0.600. The topological polar surface area (TPSA) is 0 Å². The standard InChI is InChI=1S/C10H14S2/c1-3-7-11-9(5-1)10-6-2-4-8-12-10/h1-2,5-6,9-10H,3-4,7-8H2. The summed E-state index contributed by atoms with van der Waals surface area (Å²) in [7, 11) is 0. The van der Waals surface area contributed by atoms with Gasteiger partial charge in [0, 0.05) is 10.5 Å². The van der Waals surface area contributed by atoms with Crippen LogP contribution < -0.4 is 0 Å². The van der Waals surface area contributed by atoms with Crippen molar-refractivity contribution in [2.75, 3.05) is 11.5 Å². The maximum atomic E-state index is 2.39. The molecule has 0 saturated carbocycles. The van der Waals surface area contributed by atoms with Crippen molar-refractivity contribution in [1.29, 1.82) is 0 Å². The van der Waals surface area contributed by atoms with Gasteiger partial charge in [0.1, 0.15) is 0 Å². The Balaban J connectivity index is 1.97. The summed E-state index contributed by atoms with van der Waals surface area (Å²) >= 11 is 4.22. The summed E-state index contributed by atoms with van der Waals surface area (Å²) in [5.74, 6) is 2.62. The Bertz CT molecular complexity index is 174. The van der Waals surface area contributed by atoms with Crippen LogP contribution >= 0.6 is 23.5 Å². The van der Waals surface area contributed by atoms with Gasteiger partial charge in [0.05, 0.1) is 0 Å². The molecular formula is C10H14S2. The van der Waals surface area contributed by atoms with Crippen LogP contribution in [0.1, 0.15) is 12.8 Å². The summed E-state index contributed by atoms with van der Waals surface area (Å²) in [5, 5.41) is 1.50. The number of allylic oxidation sites excluding steroid dienone is 2. The molecule has 2 heterocycles. The molecule has 0 aromatic carbocycles. The Morgan fingerprint density at radius 1 is 0.833 bits per heavy atom. The first-order valence-corrected chi connectivity index (χ1v) is 6.63. The molecule has 0 radical (unpaired) electrons. The zero-order valence-electron chi connectivity index (χ0n) is 7.11. The lowest BCUT2D eigenvalue weighted by molar-refractivity contribution is 1.02. The lowest BCUT2D eigenvalue weighted by Gasteiger charge is -2.25. The molecule has 2 heteroatoms. The Kier molecular flexibility index (Phi) is 3.23. The smallest absolute Gasteiger partial charge is 0.0381 e. The van der Waals surface area contributed by atoms with E-state index in [9.17, 15) is 0 Å². The first-order valence-electron chi connectivity index (χ1n) is 4.53. The van der Waals surface area contributed by atoms with Crippen LogP contribution in [-0.2, 0) is 0 Å². The first kappa shape index (κ1) is 8.76. The normalized spacial score (nSPS) is 35.3. The number of hydrogen-bond acceptors (Lipinski definition) is 2. The molecule has 2 rings (SSSR count). The molecule has 0 aromatic heterocycles. The van der Waals surface area contributed by atoms with Crippen molar-refractivity contribution in [2.45, 2.75) is 23.3 Å². The molecule has 0 N–H and O–H groups in total. The van der Waals surface area contributed by atoms with Crippen LogP contribution in [0.25, 0.3) is 0 Å². The monoisotopic (exact) mass is 198 g/mol. The van der Waals surface area contributed by atoms with E-state index < -0.39 is 0 Å². The van der Waals surface area contributed by atoms with Gasteiger partial charge in [-0.3, -0.25) is 0 Å². The Morgan fingerprint density at radius 2 is 1.33 bits per heavy atom. The quantitative estimate of drug-likeness (QED) is 0.594. The highest BCUT2D eigenvalue weighted by molar-refractivity contribution is 8.04. The van der Waals surface area contributed by atoms with Gasteiger partial charge in [0.25, 0.3) is 0 Å². The predicted molar refractivity (Wildman–Crippen MR) is 60.0 cm³/mol. The van der Waals surface area contributed by atoms with Crippen molar-refractivity contribution in [2.24, 2.45) is 0 Å². The number of hydrogen-bond donors (Lipinski definition) is 0. The summed E-state index contributed by atoms with van der Waals surface area (Å²) in [4.78, 5) is 0. The Labute approximate surface area is 82.9 Å². The minimum Gasteiger partial charge on any atom is -0.153 e. The van der Waals surface area contributed by atoms with Crippen molar-refractivity contribution in [3.05, 3.63) is 24.3 Å². The minimum absolute atomic E-state index is 0.750. The van der Waals surface area contributed by atoms with Gasteiger partial charge < -0.3 is 0 Å². The Hall–Kier alpha value is 0.180. The molecule has 0 fully saturated rings. The highest BCUT2D eigenvalue weighted by atomic mass is 32.2. The fourth-order valence-electron chi connectivity index (χ4n) is 1.52. The number of rotatable bonds is 1. The van der Waals surface area contributed by atoms with E-state index in [4.69, 9.17) is 0 Å². The van der Waals surface area contributed by atoms with Crippen LogP contribution in [0.15, 0.2) is 24.3 Å². The van der Waals surface area contributed by atoms with Crippen LogP contribution in [0.5, 0.6) is 0 Å². The average Bonchev–Trinajstić information content (AvgIpc) is 2.21. The van der Waals surface area contributed by atoms with Gasteiger partial charge in [-0.25, -0.2) is 0 Å². The summed E-state index contributed by atoms with van der Waals surface area (Å²) in [6.07, 6.45) is 12.0. The molecule has 0 saturated heterocycles. The molecule has 0 aliphatic carbocycles. The van der Waals surface area contributed by atoms with Crippen LogP contribution in [-0.4, -0.2) is 22.0 Å². The largest absolute Gasteiger partial charge is 0.153 e. The Morgan fingerprint density at radius 3 is 1.67 bits per heavy atom. The van der Waals surface area contributed by atoms with Crippen LogP contribution in [0.3, 0.4) is 0 Å². The summed E-state index contributed by atoms with van der Waals surface area (Å²) in [6.45, 7) is 0. The second kappa shape index (κ2) is 4.43. The minimum atomic E-state index is 0.750. The molecule has 0 spiro atoms. The van der Waals surface area contributed by atoms with Crippen molar-refractivity contribution < 1.29 is 0 Å². The van der Waals surface area contributed by atoms with Crippen LogP contribution in [0.4, 0.5) is 0 Å². The third-order valence-corrected chi connectivity index (χ3v) is 4.95. The molecule has 2 atom stereocenters. The summed E-state index contributed by atoms with van der Waals surface area (Å²) in [5.41, 5.74) is 0. The molecule has 2 unspecified atom stereocenters. The van der Waals surface area contributed by atoms with E-state index in [1.165, 1.54) is 24.3 Å². The van der Waals surface area contributed by atoms with E-state index in [1.54, 1.807) is 0 Å². The second-order valence-corrected chi connectivity index (χ2v) is 5.68. The second-order valence-electron chi connectivity index (χ2n) is 3.10. The van der Waals surface area contributed by atoms with Gasteiger partial charge in [0.15, 0.2) is 0 Å². The molecule has 0 amide bonds. The number of thioether (sulfide) groups is 2. The summed E-state index contributed by atoms with van der Waals surface area (Å²) < 4.78 is 0. The van der Waals surface area contributed by atoms with Gasteiger partial charge >= 0.3 is 0 Å². The van der Waals surface area contributed by atoms with E-state index in [0.717, 1.165) is 10.5 Å². The van der Waals surface area contributed by atoms with Gasteiger partial charge in [-0.2, -0.15) is 23.5 Å². The van der Waals surface area contributed by atoms with Gasteiger partial charge in [-0.15, -0.1) is 0 Å². The van der Waals surface area contributed by atoms with Crippen LogP contribution in [0.2, 0.25) is 0 Å².